The first-order valence-corrected chi connectivity index (χ1v) is 4.94. The quantitative estimate of drug-likeness (QED) is 0.592. The monoisotopic (exact) mass is 202 g/mol. The van der Waals surface area contributed by atoms with Crippen LogP contribution in [0, 0.1) is 11.3 Å². The SMILES string of the molecule is CC(C)[C@H](N)C(=O)NCC(C)(C)CO. The first kappa shape index (κ1) is 13.4. The predicted molar refractivity (Wildman–Crippen MR) is 56.7 cm³/mol. The zero-order valence-electron chi connectivity index (χ0n) is 9.50. The highest BCUT2D eigenvalue weighted by Gasteiger charge is 2.21. The molecule has 0 saturated heterocycles. The average molecular weight is 202 g/mol. The molecule has 0 aliphatic carbocycles. The second-order valence-electron chi connectivity index (χ2n) is 4.81. The van der Waals surface area contributed by atoms with Gasteiger partial charge in [-0.1, -0.05) is 27.7 Å². The third kappa shape index (κ3) is 4.58. The van der Waals surface area contributed by atoms with E-state index < -0.39 is 6.04 Å². The molecule has 84 valence electrons. The third-order valence-corrected chi connectivity index (χ3v) is 2.19. The fraction of sp³-hybridized carbons (Fsp3) is 0.900. The Morgan fingerprint density at radius 3 is 2.36 bits per heavy atom. The van der Waals surface area contributed by atoms with Crippen molar-refractivity contribution in [2.75, 3.05) is 13.2 Å². The molecular weight excluding hydrogens is 180 g/mol. The summed E-state index contributed by atoms with van der Waals surface area (Å²) in [6, 6.07) is -0.468. The Labute approximate surface area is 85.9 Å². The lowest BCUT2D eigenvalue weighted by atomic mass is 9.94. The lowest BCUT2D eigenvalue weighted by Crippen LogP contribution is -2.47. The molecule has 4 nitrogen and oxygen atoms in total. The van der Waals surface area contributed by atoms with E-state index in [1.54, 1.807) is 0 Å². The standard InChI is InChI=1S/C10H22N2O2/c1-7(2)8(11)9(14)12-5-10(3,4)6-13/h7-8,13H,5-6,11H2,1-4H3,(H,12,14)/t8-/m0/s1. The molecule has 0 bridgehead atoms. The van der Waals surface area contributed by atoms with Crippen LogP contribution in [0.1, 0.15) is 27.7 Å². The van der Waals surface area contributed by atoms with Gasteiger partial charge in [0, 0.05) is 18.6 Å². The Morgan fingerprint density at radius 1 is 1.50 bits per heavy atom. The fourth-order valence-electron chi connectivity index (χ4n) is 0.803. The highest BCUT2D eigenvalue weighted by molar-refractivity contribution is 5.81. The summed E-state index contributed by atoms with van der Waals surface area (Å²) in [5, 5.41) is 11.7. The van der Waals surface area contributed by atoms with E-state index in [1.807, 2.05) is 27.7 Å². The molecule has 1 atom stereocenters. The molecule has 14 heavy (non-hydrogen) atoms. The zero-order valence-corrected chi connectivity index (χ0v) is 9.50. The normalized spacial score (nSPS) is 14.2. The summed E-state index contributed by atoms with van der Waals surface area (Å²) >= 11 is 0. The molecule has 0 aliphatic heterocycles. The minimum atomic E-state index is -0.468. The summed E-state index contributed by atoms with van der Waals surface area (Å²) in [7, 11) is 0. The molecule has 0 aromatic carbocycles. The van der Waals surface area contributed by atoms with Crippen LogP contribution in [0.4, 0.5) is 0 Å². The van der Waals surface area contributed by atoms with Crippen LogP contribution in [0.2, 0.25) is 0 Å². The first-order valence-electron chi connectivity index (χ1n) is 4.94. The predicted octanol–water partition coefficient (Wildman–Crippen LogP) is 0.104. The van der Waals surface area contributed by atoms with Gasteiger partial charge in [0.15, 0.2) is 0 Å². The molecule has 0 aliphatic rings. The summed E-state index contributed by atoms with van der Waals surface area (Å²) in [6.07, 6.45) is 0. The van der Waals surface area contributed by atoms with Crippen molar-refractivity contribution in [3.05, 3.63) is 0 Å². The van der Waals surface area contributed by atoms with Gasteiger partial charge in [0.05, 0.1) is 6.04 Å². The maximum atomic E-state index is 11.4. The molecular formula is C10H22N2O2. The summed E-state index contributed by atoms with van der Waals surface area (Å²) in [5.41, 5.74) is 5.37. The second kappa shape index (κ2) is 5.32. The molecule has 1 amide bonds. The van der Waals surface area contributed by atoms with Gasteiger partial charge in [-0.3, -0.25) is 4.79 Å². The second-order valence-corrected chi connectivity index (χ2v) is 4.81. The molecule has 0 rings (SSSR count). The molecule has 0 saturated carbocycles. The summed E-state index contributed by atoms with van der Waals surface area (Å²) in [5.74, 6) is -0.0197. The molecule has 0 heterocycles. The van der Waals surface area contributed by atoms with Gasteiger partial charge < -0.3 is 16.2 Å². The smallest absolute Gasteiger partial charge is 0.237 e. The largest absolute Gasteiger partial charge is 0.396 e. The van der Waals surface area contributed by atoms with E-state index in [4.69, 9.17) is 10.8 Å². The zero-order chi connectivity index (χ0) is 11.4. The minimum absolute atomic E-state index is 0.0458. The number of nitrogens with two attached hydrogens (primary N) is 1. The van der Waals surface area contributed by atoms with Crippen molar-refractivity contribution in [3.8, 4) is 0 Å². The topological polar surface area (TPSA) is 75.4 Å². The highest BCUT2D eigenvalue weighted by Crippen LogP contribution is 2.11. The molecule has 4 N–H and O–H groups in total. The number of aliphatic hydroxyl groups is 1. The Balaban J connectivity index is 3.97. The molecule has 0 radical (unpaired) electrons. The van der Waals surface area contributed by atoms with Crippen molar-refractivity contribution in [1.82, 2.24) is 5.32 Å². The molecule has 0 fully saturated rings. The van der Waals surface area contributed by atoms with Crippen molar-refractivity contribution < 1.29 is 9.90 Å². The van der Waals surface area contributed by atoms with E-state index in [1.165, 1.54) is 0 Å². The van der Waals surface area contributed by atoms with Crippen LogP contribution in [-0.2, 0) is 4.79 Å². The van der Waals surface area contributed by atoms with Crippen molar-refractivity contribution in [2.45, 2.75) is 33.7 Å². The molecule has 0 aromatic rings. The van der Waals surface area contributed by atoms with E-state index in [0.717, 1.165) is 0 Å². The number of carbonyl (C=O) groups excluding carboxylic acids is 1. The Kier molecular flexibility index (Phi) is 5.08. The van der Waals surface area contributed by atoms with E-state index in [2.05, 4.69) is 5.32 Å². The highest BCUT2D eigenvalue weighted by atomic mass is 16.3. The Hall–Kier alpha value is -0.610. The van der Waals surface area contributed by atoms with Crippen LogP contribution < -0.4 is 11.1 Å². The van der Waals surface area contributed by atoms with Crippen LogP contribution in [0.3, 0.4) is 0 Å². The number of hydrogen-bond acceptors (Lipinski definition) is 3. The molecule has 0 unspecified atom stereocenters. The van der Waals surface area contributed by atoms with Crippen molar-refractivity contribution >= 4 is 5.91 Å². The third-order valence-electron chi connectivity index (χ3n) is 2.19. The van der Waals surface area contributed by atoms with Gasteiger partial charge in [-0.2, -0.15) is 0 Å². The number of carbonyl (C=O) groups is 1. The van der Waals surface area contributed by atoms with Crippen molar-refractivity contribution in [2.24, 2.45) is 17.1 Å². The van der Waals surface area contributed by atoms with Gasteiger partial charge in [-0.05, 0) is 5.92 Å². The van der Waals surface area contributed by atoms with Crippen molar-refractivity contribution in [1.29, 1.82) is 0 Å². The van der Waals surface area contributed by atoms with Gasteiger partial charge in [-0.25, -0.2) is 0 Å². The summed E-state index contributed by atoms with van der Waals surface area (Å²) < 4.78 is 0. The number of hydrogen-bond donors (Lipinski definition) is 3. The number of rotatable bonds is 5. The fourth-order valence-corrected chi connectivity index (χ4v) is 0.803. The number of amides is 1. The van der Waals surface area contributed by atoms with Gasteiger partial charge in [-0.15, -0.1) is 0 Å². The molecule has 0 spiro atoms. The van der Waals surface area contributed by atoms with Crippen LogP contribution in [0.5, 0.6) is 0 Å². The Morgan fingerprint density at radius 2 is 2.00 bits per heavy atom. The minimum Gasteiger partial charge on any atom is -0.396 e. The van der Waals surface area contributed by atoms with E-state index in [0.29, 0.717) is 6.54 Å². The van der Waals surface area contributed by atoms with Crippen molar-refractivity contribution in [3.63, 3.8) is 0 Å². The molecule has 4 heteroatoms. The maximum absolute atomic E-state index is 11.4. The average Bonchev–Trinajstić information content (AvgIpc) is 2.13. The lowest BCUT2D eigenvalue weighted by molar-refractivity contribution is -0.123. The van der Waals surface area contributed by atoms with Crippen LogP contribution in [-0.4, -0.2) is 30.2 Å². The van der Waals surface area contributed by atoms with Gasteiger partial charge in [0.25, 0.3) is 0 Å². The van der Waals surface area contributed by atoms with E-state index in [9.17, 15) is 4.79 Å². The summed E-state index contributed by atoms with van der Waals surface area (Å²) in [4.78, 5) is 11.4. The Bertz CT molecular complexity index is 191. The van der Waals surface area contributed by atoms with Gasteiger partial charge in [0.1, 0.15) is 0 Å². The van der Waals surface area contributed by atoms with Gasteiger partial charge in [0.2, 0.25) is 5.91 Å². The van der Waals surface area contributed by atoms with E-state index >= 15 is 0 Å². The van der Waals surface area contributed by atoms with Crippen LogP contribution >= 0.6 is 0 Å². The van der Waals surface area contributed by atoms with E-state index in [-0.39, 0.29) is 23.8 Å². The maximum Gasteiger partial charge on any atom is 0.237 e. The lowest BCUT2D eigenvalue weighted by Gasteiger charge is -2.23. The number of nitrogens with one attached hydrogen (secondary N) is 1. The number of aliphatic hydroxyl groups excluding tert-OH is 1. The molecule has 0 aromatic heterocycles. The van der Waals surface area contributed by atoms with Crippen LogP contribution in [0.25, 0.3) is 0 Å². The first-order chi connectivity index (χ1) is 6.30. The van der Waals surface area contributed by atoms with Gasteiger partial charge >= 0.3 is 0 Å². The summed E-state index contributed by atoms with van der Waals surface area (Å²) in [6.45, 7) is 8.07. The van der Waals surface area contributed by atoms with Crippen LogP contribution in [0.15, 0.2) is 0 Å².